The van der Waals surface area contributed by atoms with Gasteiger partial charge in [0.05, 0.1) is 0 Å². The van der Waals surface area contributed by atoms with Gasteiger partial charge in [0.2, 0.25) is 0 Å². The normalized spacial score (nSPS) is 10.2. The molecule has 0 fully saturated rings. The summed E-state index contributed by atoms with van der Waals surface area (Å²) in [6.07, 6.45) is 2.96. The number of pyridine rings is 1. The van der Waals surface area contributed by atoms with Crippen molar-refractivity contribution in [2.75, 3.05) is 0 Å². The summed E-state index contributed by atoms with van der Waals surface area (Å²) < 4.78 is 19.5. The molecule has 2 nitrogen and oxygen atoms in total. The summed E-state index contributed by atoms with van der Waals surface area (Å²) in [6.45, 7) is 0. The largest absolute Gasteiger partial charge is 0.453 e. The van der Waals surface area contributed by atoms with Gasteiger partial charge in [-0.25, -0.2) is 4.39 Å². The van der Waals surface area contributed by atoms with Gasteiger partial charge in [0.15, 0.2) is 11.6 Å². The fourth-order valence-electron chi connectivity index (χ4n) is 1.12. The third-order valence-corrected chi connectivity index (χ3v) is 2.63. The highest BCUT2D eigenvalue weighted by molar-refractivity contribution is 9.10. The Balaban J connectivity index is 2.34. The molecule has 0 amide bonds. The quantitative estimate of drug-likeness (QED) is 0.819. The van der Waals surface area contributed by atoms with E-state index < -0.39 is 5.82 Å². The lowest BCUT2D eigenvalue weighted by atomic mass is 10.3. The zero-order valence-corrected chi connectivity index (χ0v) is 10.3. The van der Waals surface area contributed by atoms with Crippen molar-refractivity contribution in [3.63, 3.8) is 0 Å². The first-order valence-corrected chi connectivity index (χ1v) is 5.56. The van der Waals surface area contributed by atoms with Crippen LogP contribution in [-0.2, 0) is 0 Å². The van der Waals surface area contributed by atoms with Gasteiger partial charge < -0.3 is 4.74 Å². The molecule has 0 atom stereocenters. The van der Waals surface area contributed by atoms with Crippen LogP contribution in [0.4, 0.5) is 4.39 Å². The monoisotopic (exact) mass is 301 g/mol. The lowest BCUT2D eigenvalue weighted by Crippen LogP contribution is -1.89. The molecule has 1 aromatic carbocycles. The minimum absolute atomic E-state index is 0.113. The topological polar surface area (TPSA) is 22.1 Å². The van der Waals surface area contributed by atoms with Gasteiger partial charge in [-0.05, 0) is 18.2 Å². The second-order valence-corrected chi connectivity index (χ2v) is 4.31. The lowest BCUT2D eigenvalue weighted by molar-refractivity contribution is 0.441. The molecule has 5 heteroatoms. The van der Waals surface area contributed by atoms with Crippen LogP contribution in [0.15, 0.2) is 41.1 Å². The maximum atomic E-state index is 13.4. The lowest BCUT2D eigenvalue weighted by Gasteiger charge is -2.07. The molecular formula is C11H6BrClFNO. The van der Waals surface area contributed by atoms with E-state index >= 15 is 0 Å². The molecule has 0 bridgehead atoms. The summed E-state index contributed by atoms with van der Waals surface area (Å²) in [5.41, 5.74) is 0. The molecule has 0 spiro atoms. The van der Waals surface area contributed by atoms with Gasteiger partial charge in [-0.1, -0.05) is 27.5 Å². The molecule has 0 N–H and O–H groups in total. The Morgan fingerprint density at radius 3 is 2.81 bits per heavy atom. The number of halogens is 3. The predicted octanol–water partition coefficient (Wildman–Crippen LogP) is 4.43. The summed E-state index contributed by atoms with van der Waals surface area (Å²) in [6, 6.07) is 6.01. The highest BCUT2D eigenvalue weighted by Crippen LogP contribution is 2.31. The van der Waals surface area contributed by atoms with Gasteiger partial charge in [0, 0.05) is 22.9 Å². The van der Waals surface area contributed by atoms with E-state index in [1.807, 2.05) is 0 Å². The van der Waals surface area contributed by atoms with Gasteiger partial charge in [0.1, 0.15) is 10.8 Å². The first kappa shape index (κ1) is 11.4. The summed E-state index contributed by atoms with van der Waals surface area (Å²) in [4.78, 5) is 3.81. The minimum atomic E-state index is -0.448. The highest BCUT2D eigenvalue weighted by Gasteiger charge is 2.07. The maximum absolute atomic E-state index is 13.4. The molecule has 0 aliphatic heterocycles. The number of benzene rings is 1. The Labute approximate surface area is 105 Å². The third kappa shape index (κ3) is 2.51. The summed E-state index contributed by atoms with van der Waals surface area (Å²) in [5, 5.41) is 0.335. The molecule has 1 heterocycles. The Kier molecular flexibility index (Phi) is 3.41. The number of hydrogen-bond acceptors (Lipinski definition) is 2. The van der Waals surface area contributed by atoms with E-state index in [1.54, 1.807) is 12.1 Å². The Morgan fingerprint density at radius 2 is 2.06 bits per heavy atom. The third-order valence-electron chi connectivity index (χ3n) is 1.85. The fraction of sp³-hybridized carbons (Fsp3) is 0. The second kappa shape index (κ2) is 4.80. The van der Waals surface area contributed by atoms with Crippen molar-refractivity contribution in [1.82, 2.24) is 4.98 Å². The van der Waals surface area contributed by atoms with Gasteiger partial charge in [-0.2, -0.15) is 0 Å². The summed E-state index contributed by atoms with van der Waals surface area (Å²) in [5.74, 6) is 0.0345. The van der Waals surface area contributed by atoms with Crippen molar-refractivity contribution in [3.8, 4) is 11.5 Å². The van der Waals surface area contributed by atoms with Crippen molar-refractivity contribution in [3.05, 3.63) is 52.0 Å². The second-order valence-electron chi connectivity index (χ2n) is 2.98. The molecule has 0 aliphatic rings. The number of nitrogens with zero attached hydrogens (tertiary/aromatic N) is 1. The molecule has 0 radical (unpaired) electrons. The van der Waals surface area contributed by atoms with Crippen LogP contribution in [0.1, 0.15) is 0 Å². The number of hydrogen-bond donors (Lipinski definition) is 0. The number of aromatic nitrogens is 1. The maximum Gasteiger partial charge on any atom is 0.165 e. The van der Waals surface area contributed by atoms with E-state index in [0.29, 0.717) is 10.8 Å². The predicted molar refractivity (Wildman–Crippen MR) is 63.4 cm³/mol. The van der Waals surface area contributed by atoms with E-state index in [1.165, 1.54) is 24.5 Å². The van der Waals surface area contributed by atoms with Crippen LogP contribution in [0, 0.1) is 5.82 Å². The molecule has 16 heavy (non-hydrogen) atoms. The van der Waals surface area contributed by atoms with E-state index in [2.05, 4.69) is 20.9 Å². The SMILES string of the molecule is Fc1ccc(Br)cc1Oc1ccncc1Cl. The average Bonchev–Trinajstić information content (AvgIpc) is 2.27. The van der Waals surface area contributed by atoms with Crippen molar-refractivity contribution >= 4 is 27.5 Å². The van der Waals surface area contributed by atoms with Crippen LogP contribution in [0.5, 0.6) is 11.5 Å². The van der Waals surface area contributed by atoms with E-state index in [0.717, 1.165) is 4.47 Å². The first-order chi connectivity index (χ1) is 7.66. The zero-order chi connectivity index (χ0) is 11.5. The van der Waals surface area contributed by atoms with Crippen LogP contribution in [0.2, 0.25) is 5.02 Å². The molecule has 0 saturated carbocycles. The van der Waals surface area contributed by atoms with Crippen LogP contribution < -0.4 is 4.74 Å². The molecule has 2 rings (SSSR count). The van der Waals surface area contributed by atoms with Crippen LogP contribution in [0.25, 0.3) is 0 Å². The highest BCUT2D eigenvalue weighted by atomic mass is 79.9. The Bertz CT molecular complexity index is 521. The molecule has 0 unspecified atom stereocenters. The molecule has 1 aromatic heterocycles. The van der Waals surface area contributed by atoms with Gasteiger partial charge >= 0.3 is 0 Å². The molecule has 2 aromatic rings. The van der Waals surface area contributed by atoms with Crippen LogP contribution in [0.3, 0.4) is 0 Å². The summed E-state index contributed by atoms with van der Waals surface area (Å²) in [7, 11) is 0. The smallest absolute Gasteiger partial charge is 0.165 e. The minimum Gasteiger partial charge on any atom is -0.453 e. The van der Waals surface area contributed by atoms with Crippen molar-refractivity contribution in [2.45, 2.75) is 0 Å². The van der Waals surface area contributed by atoms with E-state index in [9.17, 15) is 4.39 Å². The number of ether oxygens (including phenoxy) is 1. The first-order valence-electron chi connectivity index (χ1n) is 4.39. The van der Waals surface area contributed by atoms with Gasteiger partial charge in [-0.3, -0.25) is 4.98 Å². The Hall–Kier alpha value is -1.13. The van der Waals surface area contributed by atoms with Gasteiger partial charge in [-0.15, -0.1) is 0 Å². The average molecular weight is 303 g/mol. The van der Waals surface area contributed by atoms with E-state index in [-0.39, 0.29) is 5.75 Å². The Morgan fingerprint density at radius 1 is 1.25 bits per heavy atom. The van der Waals surface area contributed by atoms with Crippen molar-refractivity contribution in [2.24, 2.45) is 0 Å². The van der Waals surface area contributed by atoms with Crippen LogP contribution >= 0.6 is 27.5 Å². The van der Waals surface area contributed by atoms with E-state index in [4.69, 9.17) is 16.3 Å². The molecular weight excluding hydrogens is 296 g/mol. The van der Waals surface area contributed by atoms with Crippen molar-refractivity contribution < 1.29 is 9.13 Å². The standard InChI is InChI=1S/C11H6BrClFNO/c12-7-1-2-9(14)11(5-7)16-10-3-4-15-6-8(10)13/h1-6H. The zero-order valence-electron chi connectivity index (χ0n) is 7.95. The van der Waals surface area contributed by atoms with Crippen molar-refractivity contribution in [1.29, 1.82) is 0 Å². The molecule has 82 valence electrons. The summed E-state index contributed by atoms with van der Waals surface area (Å²) >= 11 is 9.08. The van der Waals surface area contributed by atoms with Crippen LogP contribution in [-0.4, -0.2) is 4.98 Å². The van der Waals surface area contributed by atoms with Gasteiger partial charge in [0.25, 0.3) is 0 Å². The molecule has 0 aliphatic carbocycles. The fourth-order valence-corrected chi connectivity index (χ4v) is 1.62. The number of rotatable bonds is 2. The molecule has 0 saturated heterocycles.